The molecular formula is C25H14N2O4. The van der Waals surface area contributed by atoms with Crippen molar-refractivity contribution in [2.45, 2.75) is 0 Å². The van der Waals surface area contributed by atoms with Gasteiger partial charge in [0.15, 0.2) is 0 Å². The molecule has 148 valence electrons. The fourth-order valence-electron chi connectivity index (χ4n) is 3.59. The Morgan fingerprint density at radius 3 is 2.16 bits per heavy atom. The summed E-state index contributed by atoms with van der Waals surface area (Å²) >= 11 is 0. The van der Waals surface area contributed by atoms with E-state index in [1.807, 2.05) is 0 Å². The number of ether oxygens (including phenoxy) is 2. The summed E-state index contributed by atoms with van der Waals surface area (Å²) in [4.78, 5) is 25.0. The van der Waals surface area contributed by atoms with Gasteiger partial charge in [0.1, 0.15) is 11.5 Å². The largest absolute Gasteiger partial charge is 0.422 e. The van der Waals surface area contributed by atoms with Crippen molar-refractivity contribution in [3.05, 3.63) is 93.9 Å². The van der Waals surface area contributed by atoms with Gasteiger partial charge in [0.05, 0.1) is 22.8 Å². The molecule has 0 aromatic heterocycles. The van der Waals surface area contributed by atoms with Crippen LogP contribution in [0, 0.1) is 11.3 Å². The van der Waals surface area contributed by atoms with Gasteiger partial charge in [-0.15, -0.1) is 0 Å². The second-order valence-corrected chi connectivity index (χ2v) is 7.10. The summed E-state index contributed by atoms with van der Waals surface area (Å²) in [5, 5.41) is 10.0. The molecule has 6 heteroatoms. The van der Waals surface area contributed by atoms with Gasteiger partial charge >= 0.3 is 11.9 Å². The first-order valence-corrected chi connectivity index (χ1v) is 9.45. The molecular weight excluding hydrogens is 392 g/mol. The van der Waals surface area contributed by atoms with Crippen LogP contribution in [-0.2, 0) is 9.59 Å². The van der Waals surface area contributed by atoms with Crippen molar-refractivity contribution in [2.75, 3.05) is 5.73 Å². The smallest absolute Gasteiger partial charge is 0.344 e. The van der Waals surface area contributed by atoms with E-state index in [4.69, 9.17) is 20.5 Å². The predicted molar refractivity (Wildman–Crippen MR) is 114 cm³/mol. The van der Waals surface area contributed by atoms with E-state index < -0.39 is 11.9 Å². The number of carbonyl (C=O) groups excluding carboxylic acids is 2. The summed E-state index contributed by atoms with van der Waals surface area (Å²) in [5.41, 5.74) is 9.15. The summed E-state index contributed by atoms with van der Waals surface area (Å²) in [6, 6.07) is 19.3. The van der Waals surface area contributed by atoms with Gasteiger partial charge in [-0.2, -0.15) is 5.26 Å². The van der Waals surface area contributed by atoms with E-state index >= 15 is 0 Å². The minimum atomic E-state index is -0.482. The minimum absolute atomic E-state index is 0.360. The summed E-state index contributed by atoms with van der Waals surface area (Å²) < 4.78 is 10.9. The number of nitrogen functional groups attached to an aromatic ring is 1. The number of anilines is 1. The molecule has 5 rings (SSSR count). The van der Waals surface area contributed by atoms with E-state index in [2.05, 4.69) is 6.07 Å². The second-order valence-electron chi connectivity index (χ2n) is 7.10. The van der Waals surface area contributed by atoms with Gasteiger partial charge in [0.25, 0.3) is 0 Å². The zero-order chi connectivity index (χ0) is 21.5. The van der Waals surface area contributed by atoms with Gasteiger partial charge in [-0.25, -0.2) is 9.59 Å². The Morgan fingerprint density at radius 1 is 0.806 bits per heavy atom. The normalized spacial score (nSPS) is 14.3. The Hall–Kier alpha value is -4.63. The number of benzene rings is 3. The molecule has 0 atom stereocenters. The van der Waals surface area contributed by atoms with Crippen LogP contribution in [0.2, 0.25) is 0 Å². The third-order valence-corrected chi connectivity index (χ3v) is 5.15. The first-order chi connectivity index (χ1) is 15.0. The van der Waals surface area contributed by atoms with Crippen LogP contribution in [0.1, 0.15) is 16.7 Å². The van der Waals surface area contributed by atoms with Gasteiger partial charge in [-0.3, -0.25) is 0 Å². The lowest BCUT2D eigenvalue weighted by atomic mass is 10.0. The Balaban J connectivity index is 1.62. The maximum atomic E-state index is 12.5. The Labute approximate surface area is 176 Å². The van der Waals surface area contributed by atoms with E-state index in [9.17, 15) is 9.59 Å². The highest BCUT2D eigenvalue weighted by molar-refractivity contribution is 6.20. The number of esters is 2. The van der Waals surface area contributed by atoms with Crippen molar-refractivity contribution in [1.82, 2.24) is 0 Å². The van der Waals surface area contributed by atoms with Crippen molar-refractivity contribution in [1.29, 1.82) is 5.26 Å². The fourth-order valence-corrected chi connectivity index (χ4v) is 3.59. The first-order valence-electron chi connectivity index (χ1n) is 9.45. The van der Waals surface area contributed by atoms with Gasteiger partial charge in [-0.1, -0.05) is 30.3 Å². The third kappa shape index (κ3) is 3.15. The number of nitriles is 1. The zero-order valence-corrected chi connectivity index (χ0v) is 16.1. The zero-order valence-electron chi connectivity index (χ0n) is 16.1. The number of fused-ring (bicyclic) bond motifs is 2. The number of carbonyl (C=O) groups is 2. The average molecular weight is 406 g/mol. The maximum absolute atomic E-state index is 12.5. The van der Waals surface area contributed by atoms with E-state index in [0.29, 0.717) is 49.9 Å². The highest BCUT2D eigenvalue weighted by atomic mass is 16.5. The van der Waals surface area contributed by atoms with Crippen LogP contribution in [0.25, 0.3) is 17.2 Å². The number of rotatable bonds is 3. The molecule has 0 amide bonds. The molecule has 31 heavy (non-hydrogen) atoms. The fraction of sp³-hybridized carbons (Fsp3) is 0. The molecule has 2 aliphatic heterocycles. The molecule has 0 spiro atoms. The monoisotopic (exact) mass is 406 g/mol. The minimum Gasteiger partial charge on any atom is -0.422 e. The number of hydrogen-bond acceptors (Lipinski definition) is 6. The molecule has 0 saturated carbocycles. The molecule has 0 saturated heterocycles. The number of nitrogens with zero attached hydrogens (tertiary/aromatic N) is 1. The van der Waals surface area contributed by atoms with Crippen LogP contribution in [0.3, 0.4) is 0 Å². The highest BCUT2D eigenvalue weighted by Crippen LogP contribution is 2.25. The predicted octanol–water partition coefficient (Wildman–Crippen LogP) is 2.04. The summed E-state index contributed by atoms with van der Waals surface area (Å²) in [5.74, 6) is -0.207. The van der Waals surface area contributed by atoms with Crippen LogP contribution in [0.15, 0.2) is 66.7 Å². The molecule has 2 heterocycles. The Kier molecular flexibility index (Phi) is 4.16. The Bertz CT molecular complexity index is 1460. The number of hydrogen-bond donors (Lipinski definition) is 1. The van der Waals surface area contributed by atoms with Crippen molar-refractivity contribution in [3.8, 4) is 17.6 Å². The molecule has 0 aliphatic carbocycles. The van der Waals surface area contributed by atoms with Crippen molar-refractivity contribution < 1.29 is 19.1 Å². The van der Waals surface area contributed by atoms with E-state index in [-0.39, 0.29) is 0 Å². The Morgan fingerprint density at radius 2 is 1.45 bits per heavy atom. The van der Waals surface area contributed by atoms with Gasteiger partial charge in [0, 0.05) is 16.1 Å². The molecule has 0 radical (unpaired) electrons. The standard InChI is InChI=1S/C25H14N2O4/c26-13-15-3-1-14(2-4-15)5-10-18-19-11-22-20(12-21(19)30-24(18)28)23(25(29)31-22)16-6-8-17(27)9-7-16/h1-12H,27H2/b10-5+. The lowest BCUT2D eigenvalue weighted by Gasteiger charge is -2.00. The third-order valence-electron chi connectivity index (χ3n) is 5.15. The molecule has 0 fully saturated rings. The highest BCUT2D eigenvalue weighted by Gasteiger charge is 2.29. The van der Waals surface area contributed by atoms with Gasteiger partial charge in [-0.05, 0) is 53.6 Å². The molecule has 3 aromatic rings. The lowest BCUT2D eigenvalue weighted by Crippen LogP contribution is -2.10. The van der Waals surface area contributed by atoms with Crippen LogP contribution in [0.4, 0.5) is 5.69 Å². The second kappa shape index (κ2) is 7.01. The molecule has 0 bridgehead atoms. The quantitative estimate of drug-likeness (QED) is 0.406. The van der Waals surface area contributed by atoms with E-state index in [1.165, 1.54) is 0 Å². The number of nitrogens with two attached hydrogens (primary N) is 1. The molecule has 6 nitrogen and oxygen atoms in total. The van der Waals surface area contributed by atoms with Crippen LogP contribution < -0.4 is 25.6 Å². The molecule has 2 N–H and O–H groups in total. The van der Waals surface area contributed by atoms with Crippen molar-refractivity contribution in [3.63, 3.8) is 0 Å². The lowest BCUT2D eigenvalue weighted by molar-refractivity contribution is -0.128. The van der Waals surface area contributed by atoms with Gasteiger partial charge in [0.2, 0.25) is 0 Å². The van der Waals surface area contributed by atoms with Crippen LogP contribution in [0.5, 0.6) is 11.5 Å². The summed E-state index contributed by atoms with van der Waals surface area (Å²) in [6.45, 7) is 0. The van der Waals surface area contributed by atoms with Crippen molar-refractivity contribution >= 4 is 34.8 Å². The van der Waals surface area contributed by atoms with E-state index in [1.54, 1.807) is 72.8 Å². The summed E-state index contributed by atoms with van der Waals surface area (Å²) in [7, 11) is 0. The van der Waals surface area contributed by atoms with Crippen LogP contribution in [-0.4, -0.2) is 11.9 Å². The van der Waals surface area contributed by atoms with Gasteiger partial charge < -0.3 is 15.2 Å². The maximum Gasteiger partial charge on any atom is 0.344 e. The van der Waals surface area contributed by atoms with E-state index in [0.717, 1.165) is 5.56 Å². The molecule has 0 unspecified atom stereocenters. The SMILES string of the molecule is N#Cc1ccc(/C=C/C2=c3cc4c(cc3OC2=O)=C(c2ccc(N)cc2)C(=O)O4)cc1. The topological polar surface area (TPSA) is 102 Å². The average Bonchev–Trinajstić information content (AvgIpc) is 3.25. The van der Waals surface area contributed by atoms with Crippen molar-refractivity contribution in [2.24, 2.45) is 0 Å². The molecule has 3 aromatic carbocycles. The molecule has 2 aliphatic rings. The summed E-state index contributed by atoms with van der Waals surface area (Å²) in [6.07, 6.45) is 3.42. The van der Waals surface area contributed by atoms with Crippen LogP contribution >= 0.6 is 0 Å². The first kappa shape index (κ1) is 18.4.